The third kappa shape index (κ3) is 1.12. The Balaban J connectivity index is 2.45. The predicted octanol–water partition coefficient (Wildman–Crippen LogP) is 1.99. The van der Waals surface area contributed by atoms with Crippen LogP contribution < -0.4 is 5.73 Å². The number of anilines is 1. The minimum Gasteiger partial charge on any atom is -0.424 e. The summed E-state index contributed by atoms with van der Waals surface area (Å²) < 4.78 is 5.10. The highest BCUT2D eigenvalue weighted by molar-refractivity contribution is 7.08. The lowest BCUT2D eigenvalue weighted by Gasteiger charge is -1.85. The Morgan fingerprint density at radius 2 is 2.45 bits per heavy atom. The molecule has 2 N–H and O–H groups in total. The smallest absolute Gasteiger partial charge is 0.292 e. The van der Waals surface area contributed by atoms with E-state index in [4.69, 9.17) is 10.2 Å². The molecule has 0 atom stereocenters. The van der Waals surface area contributed by atoms with Crippen molar-refractivity contribution in [3.05, 3.63) is 23.0 Å². The number of hydrogen-bond acceptors (Lipinski definition) is 4. The molecule has 0 unspecified atom stereocenters. The number of thiophene rings is 1. The van der Waals surface area contributed by atoms with E-state index in [1.165, 1.54) is 0 Å². The van der Waals surface area contributed by atoms with Crippen molar-refractivity contribution in [2.75, 3.05) is 5.73 Å². The lowest BCUT2D eigenvalue weighted by Crippen LogP contribution is -1.79. The van der Waals surface area contributed by atoms with Crippen molar-refractivity contribution in [1.29, 1.82) is 0 Å². The molecule has 0 bridgehead atoms. The second-order valence-electron chi connectivity index (χ2n) is 2.07. The molecule has 0 saturated heterocycles. The van der Waals surface area contributed by atoms with E-state index in [9.17, 15) is 0 Å². The summed E-state index contributed by atoms with van der Waals surface area (Å²) in [6, 6.07) is 2.18. The Bertz CT molecular complexity index is 339. The third-order valence-corrected chi connectivity index (χ3v) is 2.01. The van der Waals surface area contributed by atoms with Crippen LogP contribution in [0.5, 0.6) is 0 Å². The minimum atomic E-state index is 0.214. The fourth-order valence-corrected chi connectivity index (χ4v) is 1.47. The maximum absolute atomic E-state index is 5.31. The first kappa shape index (κ1) is 6.42. The Labute approximate surface area is 67.5 Å². The standard InChI is InChI=1S/C7H6N2OS/c8-7-9-3-6(10-7)5-1-2-11-4-5/h1-4H,(H2,8,9). The van der Waals surface area contributed by atoms with Gasteiger partial charge in [0.05, 0.1) is 6.20 Å². The Morgan fingerprint density at radius 1 is 1.55 bits per heavy atom. The van der Waals surface area contributed by atoms with Crippen molar-refractivity contribution in [3.8, 4) is 11.3 Å². The molecule has 4 heteroatoms. The Hall–Kier alpha value is -1.29. The molecule has 0 aliphatic heterocycles. The van der Waals surface area contributed by atoms with Crippen LogP contribution in [0.1, 0.15) is 0 Å². The first-order chi connectivity index (χ1) is 5.36. The van der Waals surface area contributed by atoms with Crippen LogP contribution in [0.4, 0.5) is 6.01 Å². The molecule has 0 fully saturated rings. The van der Waals surface area contributed by atoms with Gasteiger partial charge >= 0.3 is 0 Å². The summed E-state index contributed by atoms with van der Waals surface area (Å²) in [7, 11) is 0. The van der Waals surface area contributed by atoms with E-state index in [1.807, 2.05) is 16.8 Å². The van der Waals surface area contributed by atoms with E-state index in [0.29, 0.717) is 0 Å². The predicted molar refractivity (Wildman–Crippen MR) is 44.2 cm³/mol. The molecule has 3 nitrogen and oxygen atoms in total. The highest BCUT2D eigenvalue weighted by Crippen LogP contribution is 2.22. The van der Waals surface area contributed by atoms with E-state index in [-0.39, 0.29) is 6.01 Å². The molecule has 2 aromatic rings. The van der Waals surface area contributed by atoms with Gasteiger partial charge in [-0.3, -0.25) is 0 Å². The van der Waals surface area contributed by atoms with Crippen molar-refractivity contribution in [2.45, 2.75) is 0 Å². The van der Waals surface area contributed by atoms with E-state index < -0.39 is 0 Å². The van der Waals surface area contributed by atoms with Gasteiger partial charge in [-0.15, -0.1) is 0 Å². The molecule has 0 saturated carbocycles. The van der Waals surface area contributed by atoms with Crippen LogP contribution >= 0.6 is 11.3 Å². The van der Waals surface area contributed by atoms with Crippen LogP contribution in [0.25, 0.3) is 11.3 Å². The quantitative estimate of drug-likeness (QED) is 0.704. The highest BCUT2D eigenvalue weighted by atomic mass is 32.1. The van der Waals surface area contributed by atoms with Crippen LogP contribution in [0.2, 0.25) is 0 Å². The molecule has 0 aromatic carbocycles. The van der Waals surface area contributed by atoms with Gasteiger partial charge in [0, 0.05) is 10.9 Å². The largest absolute Gasteiger partial charge is 0.424 e. The van der Waals surface area contributed by atoms with Gasteiger partial charge in [-0.1, -0.05) is 0 Å². The number of hydrogen-bond donors (Lipinski definition) is 1. The Morgan fingerprint density at radius 3 is 3.00 bits per heavy atom. The van der Waals surface area contributed by atoms with E-state index >= 15 is 0 Å². The topological polar surface area (TPSA) is 52.0 Å². The van der Waals surface area contributed by atoms with Gasteiger partial charge in [-0.05, 0) is 11.4 Å². The molecule has 0 aliphatic rings. The van der Waals surface area contributed by atoms with E-state index in [2.05, 4.69) is 4.98 Å². The third-order valence-electron chi connectivity index (χ3n) is 1.33. The van der Waals surface area contributed by atoms with E-state index in [1.54, 1.807) is 17.5 Å². The Kier molecular flexibility index (Phi) is 1.40. The number of nitrogens with two attached hydrogens (primary N) is 1. The number of aromatic nitrogens is 1. The van der Waals surface area contributed by atoms with Gasteiger partial charge < -0.3 is 10.2 Å². The lowest BCUT2D eigenvalue weighted by molar-refractivity contribution is 0.595. The fourth-order valence-electron chi connectivity index (χ4n) is 0.826. The molecule has 0 aliphatic carbocycles. The summed E-state index contributed by atoms with van der Waals surface area (Å²) in [5, 5.41) is 3.97. The zero-order valence-electron chi connectivity index (χ0n) is 5.65. The molecule has 2 rings (SSSR count). The molecular weight excluding hydrogens is 160 g/mol. The number of nitrogens with zero attached hydrogens (tertiary/aromatic N) is 1. The van der Waals surface area contributed by atoms with Crippen molar-refractivity contribution in [2.24, 2.45) is 0 Å². The van der Waals surface area contributed by atoms with Crippen LogP contribution in [-0.4, -0.2) is 4.98 Å². The zero-order chi connectivity index (χ0) is 7.68. The summed E-state index contributed by atoms with van der Waals surface area (Å²) in [5.41, 5.74) is 6.34. The fraction of sp³-hybridized carbons (Fsp3) is 0. The second-order valence-corrected chi connectivity index (χ2v) is 2.85. The summed E-state index contributed by atoms with van der Waals surface area (Å²) in [6.45, 7) is 0. The van der Waals surface area contributed by atoms with E-state index in [0.717, 1.165) is 11.3 Å². The molecule has 2 heterocycles. The van der Waals surface area contributed by atoms with Crippen LogP contribution in [0, 0.1) is 0 Å². The highest BCUT2D eigenvalue weighted by Gasteiger charge is 2.02. The van der Waals surface area contributed by atoms with Crippen molar-refractivity contribution >= 4 is 17.4 Å². The first-order valence-electron chi connectivity index (χ1n) is 3.10. The summed E-state index contributed by atoms with van der Waals surface area (Å²) in [5.74, 6) is 0.726. The SMILES string of the molecule is Nc1ncc(-c2ccsc2)o1. The van der Waals surface area contributed by atoms with Crippen molar-refractivity contribution < 1.29 is 4.42 Å². The molecule has 0 radical (unpaired) electrons. The normalized spacial score (nSPS) is 10.2. The number of nitrogen functional groups attached to an aromatic ring is 1. The molecule has 56 valence electrons. The maximum atomic E-state index is 5.31. The van der Waals surface area contributed by atoms with Gasteiger partial charge in [0.2, 0.25) is 0 Å². The first-order valence-corrected chi connectivity index (χ1v) is 4.04. The number of oxazole rings is 1. The average molecular weight is 166 g/mol. The minimum absolute atomic E-state index is 0.214. The summed E-state index contributed by atoms with van der Waals surface area (Å²) in [4.78, 5) is 3.79. The van der Waals surface area contributed by atoms with Crippen LogP contribution in [0.3, 0.4) is 0 Å². The van der Waals surface area contributed by atoms with Gasteiger partial charge in [0.15, 0.2) is 5.76 Å². The van der Waals surface area contributed by atoms with Crippen LogP contribution in [-0.2, 0) is 0 Å². The molecule has 2 aromatic heterocycles. The van der Waals surface area contributed by atoms with Gasteiger partial charge in [-0.25, -0.2) is 4.98 Å². The molecule has 11 heavy (non-hydrogen) atoms. The molecular formula is C7H6N2OS. The average Bonchev–Trinajstić information content (AvgIpc) is 2.55. The van der Waals surface area contributed by atoms with Gasteiger partial charge in [0.1, 0.15) is 0 Å². The lowest BCUT2D eigenvalue weighted by atomic mass is 10.3. The summed E-state index contributed by atoms with van der Waals surface area (Å²) >= 11 is 1.62. The maximum Gasteiger partial charge on any atom is 0.292 e. The van der Waals surface area contributed by atoms with Crippen molar-refractivity contribution in [1.82, 2.24) is 4.98 Å². The number of rotatable bonds is 1. The zero-order valence-corrected chi connectivity index (χ0v) is 6.47. The van der Waals surface area contributed by atoms with Crippen LogP contribution in [0.15, 0.2) is 27.4 Å². The summed E-state index contributed by atoms with van der Waals surface area (Å²) in [6.07, 6.45) is 1.62. The molecule has 0 amide bonds. The van der Waals surface area contributed by atoms with Gasteiger partial charge in [0.25, 0.3) is 6.01 Å². The van der Waals surface area contributed by atoms with Crippen molar-refractivity contribution in [3.63, 3.8) is 0 Å². The molecule has 0 spiro atoms. The second kappa shape index (κ2) is 2.39. The monoisotopic (exact) mass is 166 g/mol. The van der Waals surface area contributed by atoms with Gasteiger partial charge in [-0.2, -0.15) is 11.3 Å².